The molecular weight excluding hydrogens is 380 g/mol. The summed E-state index contributed by atoms with van der Waals surface area (Å²) in [5.74, 6) is -0.118. The van der Waals surface area contributed by atoms with Crippen molar-refractivity contribution < 1.29 is 14.7 Å². The van der Waals surface area contributed by atoms with E-state index in [4.69, 9.17) is 0 Å². The van der Waals surface area contributed by atoms with Crippen molar-refractivity contribution in [2.75, 3.05) is 0 Å². The standard InChI is InChI=1S/C16H21BrN2O3S/c1-15(2,3)16-7-6-9(19(16)14(21)22)8-11(16)18-13(20)10-4-5-12(17)23-10/h4-5,9,11H,6-8H2,1-3H3,(H,18,20)(H,21,22)/t9-,11-,16+/m0/s1. The molecule has 1 aromatic rings. The van der Waals surface area contributed by atoms with E-state index < -0.39 is 11.6 Å². The number of hydrogen-bond donors (Lipinski definition) is 2. The summed E-state index contributed by atoms with van der Waals surface area (Å²) in [7, 11) is 0. The number of rotatable bonds is 2. The number of carbonyl (C=O) groups is 2. The molecule has 23 heavy (non-hydrogen) atoms. The maximum Gasteiger partial charge on any atom is 0.408 e. The molecule has 0 saturated carbocycles. The Labute approximate surface area is 148 Å². The van der Waals surface area contributed by atoms with Crippen LogP contribution in [0.15, 0.2) is 15.9 Å². The van der Waals surface area contributed by atoms with Crippen molar-refractivity contribution >= 4 is 39.3 Å². The van der Waals surface area contributed by atoms with Gasteiger partial charge in [-0.25, -0.2) is 4.79 Å². The van der Waals surface area contributed by atoms with E-state index in [2.05, 4.69) is 42.0 Å². The van der Waals surface area contributed by atoms with Gasteiger partial charge in [-0.2, -0.15) is 0 Å². The second-order valence-corrected chi connectivity index (χ2v) is 9.85. The molecule has 2 fully saturated rings. The molecule has 3 rings (SSSR count). The lowest BCUT2D eigenvalue weighted by Gasteiger charge is -2.48. The lowest BCUT2D eigenvalue weighted by atomic mass is 9.66. The summed E-state index contributed by atoms with van der Waals surface area (Å²) in [5.41, 5.74) is -0.779. The molecule has 2 aliphatic rings. The first-order valence-electron chi connectivity index (χ1n) is 7.75. The monoisotopic (exact) mass is 400 g/mol. The van der Waals surface area contributed by atoms with Crippen LogP contribution in [0, 0.1) is 5.41 Å². The maximum atomic E-state index is 12.5. The number of carbonyl (C=O) groups excluding carboxylic acids is 1. The first kappa shape index (κ1) is 16.8. The average Bonchev–Trinajstić information content (AvgIpc) is 3.09. The summed E-state index contributed by atoms with van der Waals surface area (Å²) in [4.78, 5) is 26.6. The number of nitrogens with one attached hydrogen (secondary N) is 1. The molecule has 3 atom stereocenters. The van der Waals surface area contributed by atoms with Gasteiger partial charge >= 0.3 is 6.09 Å². The normalized spacial score (nSPS) is 29.8. The molecular formula is C16H21BrN2O3S. The first-order valence-corrected chi connectivity index (χ1v) is 9.36. The van der Waals surface area contributed by atoms with Gasteiger partial charge in [0.15, 0.2) is 0 Å². The van der Waals surface area contributed by atoms with Gasteiger partial charge in [-0.1, -0.05) is 20.8 Å². The highest BCUT2D eigenvalue weighted by Crippen LogP contribution is 2.55. The van der Waals surface area contributed by atoms with Gasteiger partial charge in [0.05, 0.1) is 20.2 Å². The topological polar surface area (TPSA) is 69.6 Å². The van der Waals surface area contributed by atoms with Crippen molar-refractivity contribution in [3.63, 3.8) is 0 Å². The number of hydrogen-bond acceptors (Lipinski definition) is 3. The molecule has 2 bridgehead atoms. The molecule has 0 aromatic carbocycles. The summed E-state index contributed by atoms with van der Waals surface area (Å²) in [6, 6.07) is 3.50. The van der Waals surface area contributed by atoms with E-state index in [1.54, 1.807) is 11.0 Å². The Balaban J connectivity index is 1.90. The van der Waals surface area contributed by atoms with Crippen LogP contribution >= 0.6 is 27.3 Å². The molecule has 3 heterocycles. The molecule has 2 aliphatic heterocycles. The zero-order valence-corrected chi connectivity index (χ0v) is 15.8. The highest BCUT2D eigenvalue weighted by atomic mass is 79.9. The lowest BCUT2D eigenvalue weighted by Crippen LogP contribution is -2.63. The van der Waals surface area contributed by atoms with E-state index in [9.17, 15) is 14.7 Å². The van der Waals surface area contributed by atoms with E-state index in [-0.39, 0.29) is 23.4 Å². The zero-order valence-electron chi connectivity index (χ0n) is 13.4. The van der Waals surface area contributed by atoms with Crippen molar-refractivity contribution in [1.82, 2.24) is 10.2 Å². The van der Waals surface area contributed by atoms with Crippen molar-refractivity contribution in [1.29, 1.82) is 0 Å². The van der Waals surface area contributed by atoms with Gasteiger partial charge in [-0.05, 0) is 52.7 Å². The number of fused-ring (bicyclic) bond motifs is 2. The van der Waals surface area contributed by atoms with E-state index in [0.717, 1.165) is 16.6 Å². The third kappa shape index (κ3) is 2.48. The minimum absolute atomic E-state index is 0.00657. The van der Waals surface area contributed by atoms with Crippen LogP contribution in [-0.2, 0) is 0 Å². The highest BCUT2D eigenvalue weighted by Gasteiger charge is 2.65. The molecule has 126 valence electrons. The quantitative estimate of drug-likeness (QED) is 0.789. The third-order valence-corrected chi connectivity index (χ3v) is 6.97. The molecule has 0 aliphatic carbocycles. The van der Waals surface area contributed by atoms with Crippen LogP contribution in [0.25, 0.3) is 0 Å². The van der Waals surface area contributed by atoms with Crippen molar-refractivity contribution in [3.8, 4) is 0 Å². The summed E-state index contributed by atoms with van der Waals surface area (Å²) in [5, 5.41) is 12.8. The number of halogens is 1. The van der Waals surface area contributed by atoms with Gasteiger partial charge in [-0.15, -0.1) is 11.3 Å². The van der Waals surface area contributed by atoms with E-state index in [1.165, 1.54) is 11.3 Å². The van der Waals surface area contributed by atoms with Crippen LogP contribution < -0.4 is 5.32 Å². The number of carboxylic acid groups (broad SMARTS) is 1. The van der Waals surface area contributed by atoms with Crippen molar-refractivity contribution in [2.45, 2.75) is 57.7 Å². The Bertz CT molecular complexity index is 654. The van der Waals surface area contributed by atoms with Gasteiger partial charge in [0.2, 0.25) is 0 Å². The minimum atomic E-state index is -0.877. The molecule has 2 saturated heterocycles. The Morgan fingerprint density at radius 2 is 2.13 bits per heavy atom. The van der Waals surface area contributed by atoms with Crippen LogP contribution in [0.4, 0.5) is 4.79 Å². The van der Waals surface area contributed by atoms with Crippen LogP contribution in [0.2, 0.25) is 0 Å². The summed E-state index contributed by atoms with van der Waals surface area (Å²) < 4.78 is 0.910. The second kappa shape index (κ2) is 5.48. The number of nitrogens with zero attached hydrogens (tertiary/aromatic N) is 1. The average molecular weight is 401 g/mol. The molecule has 0 radical (unpaired) electrons. The molecule has 0 unspecified atom stereocenters. The summed E-state index contributed by atoms with van der Waals surface area (Å²) >= 11 is 4.76. The fraction of sp³-hybridized carbons (Fsp3) is 0.625. The zero-order chi connectivity index (χ0) is 17.0. The van der Waals surface area contributed by atoms with Gasteiger partial charge in [0.25, 0.3) is 5.91 Å². The summed E-state index contributed by atoms with van der Waals surface area (Å²) in [6.45, 7) is 6.20. The number of thiophene rings is 1. The maximum absolute atomic E-state index is 12.5. The van der Waals surface area contributed by atoms with E-state index in [0.29, 0.717) is 11.3 Å². The predicted molar refractivity (Wildman–Crippen MR) is 93.0 cm³/mol. The Morgan fingerprint density at radius 1 is 1.43 bits per heavy atom. The van der Waals surface area contributed by atoms with Crippen LogP contribution in [0.3, 0.4) is 0 Å². The molecule has 1 aromatic heterocycles. The van der Waals surface area contributed by atoms with Crippen molar-refractivity contribution in [2.24, 2.45) is 5.41 Å². The summed E-state index contributed by atoms with van der Waals surface area (Å²) in [6.07, 6.45) is 1.49. The SMILES string of the molecule is CC(C)(C)[C@@]12CC[C@@H](C[C@@H]1NC(=O)c1ccc(Br)s1)N2C(=O)O. The van der Waals surface area contributed by atoms with Crippen LogP contribution in [0.1, 0.15) is 49.7 Å². The van der Waals surface area contributed by atoms with E-state index in [1.807, 2.05) is 6.07 Å². The molecule has 7 heteroatoms. The molecule has 5 nitrogen and oxygen atoms in total. The van der Waals surface area contributed by atoms with Crippen LogP contribution in [-0.4, -0.2) is 39.6 Å². The van der Waals surface area contributed by atoms with Gasteiger partial charge in [-0.3, -0.25) is 9.69 Å². The largest absolute Gasteiger partial charge is 0.465 e. The molecule has 2 N–H and O–H groups in total. The van der Waals surface area contributed by atoms with Crippen LogP contribution in [0.5, 0.6) is 0 Å². The highest BCUT2D eigenvalue weighted by molar-refractivity contribution is 9.11. The molecule has 2 amide bonds. The smallest absolute Gasteiger partial charge is 0.408 e. The molecule has 0 spiro atoms. The van der Waals surface area contributed by atoms with Crippen molar-refractivity contribution in [3.05, 3.63) is 20.8 Å². The fourth-order valence-electron chi connectivity index (χ4n) is 4.42. The Kier molecular flexibility index (Phi) is 3.99. The lowest BCUT2D eigenvalue weighted by molar-refractivity contribution is 0.0261. The Hall–Kier alpha value is -1.08. The predicted octanol–water partition coefficient (Wildman–Crippen LogP) is 3.94. The van der Waals surface area contributed by atoms with Gasteiger partial charge in [0, 0.05) is 6.04 Å². The Morgan fingerprint density at radius 3 is 2.65 bits per heavy atom. The van der Waals surface area contributed by atoms with E-state index >= 15 is 0 Å². The van der Waals surface area contributed by atoms with Gasteiger partial charge < -0.3 is 10.4 Å². The number of amides is 2. The second-order valence-electron chi connectivity index (χ2n) is 7.38. The van der Waals surface area contributed by atoms with Gasteiger partial charge in [0.1, 0.15) is 0 Å². The third-order valence-electron chi connectivity index (χ3n) is 5.35. The fourth-order valence-corrected chi connectivity index (χ4v) is 5.71. The minimum Gasteiger partial charge on any atom is -0.465 e. The first-order chi connectivity index (χ1) is 10.7.